The first-order chi connectivity index (χ1) is 10.1. The summed E-state index contributed by atoms with van der Waals surface area (Å²) in [4.78, 5) is 0. The van der Waals surface area contributed by atoms with Crippen LogP contribution in [-0.2, 0) is 0 Å². The molecule has 0 bridgehead atoms. The van der Waals surface area contributed by atoms with Crippen LogP contribution in [0, 0.1) is 46.8 Å². The molecule has 0 aliphatic heterocycles. The Morgan fingerprint density at radius 2 is 1.71 bits per heavy atom. The van der Waals surface area contributed by atoms with Gasteiger partial charge in [-0.25, -0.2) is 0 Å². The van der Waals surface area contributed by atoms with E-state index in [2.05, 4.69) is 34.6 Å². The Kier molecular flexibility index (Phi) is 4.46. The van der Waals surface area contributed by atoms with Gasteiger partial charge in [0.15, 0.2) is 0 Å². The maximum atomic E-state index is 2.53. The van der Waals surface area contributed by atoms with Crippen molar-refractivity contribution in [1.29, 1.82) is 0 Å². The van der Waals surface area contributed by atoms with Gasteiger partial charge in [0.1, 0.15) is 0 Å². The molecule has 122 valence electrons. The van der Waals surface area contributed by atoms with Gasteiger partial charge in [-0.3, -0.25) is 0 Å². The van der Waals surface area contributed by atoms with E-state index in [1.54, 1.807) is 19.3 Å². The Morgan fingerprint density at radius 1 is 1.00 bits per heavy atom. The van der Waals surface area contributed by atoms with Crippen LogP contribution >= 0.6 is 0 Å². The van der Waals surface area contributed by atoms with Gasteiger partial charge in [-0.05, 0) is 72.5 Å². The van der Waals surface area contributed by atoms with Crippen LogP contribution in [0.4, 0.5) is 0 Å². The highest BCUT2D eigenvalue weighted by molar-refractivity contribution is 5.13. The van der Waals surface area contributed by atoms with E-state index >= 15 is 0 Å². The van der Waals surface area contributed by atoms with E-state index in [0.29, 0.717) is 0 Å². The van der Waals surface area contributed by atoms with Crippen LogP contribution in [-0.4, -0.2) is 0 Å². The Bertz CT molecular complexity index is 357. The second-order valence-electron chi connectivity index (χ2n) is 8.93. The maximum Gasteiger partial charge on any atom is -0.0232 e. The monoisotopic (exact) mass is 290 g/mol. The highest BCUT2D eigenvalue weighted by atomic mass is 14.7. The zero-order chi connectivity index (χ0) is 15.2. The van der Waals surface area contributed by atoms with E-state index in [1.165, 1.54) is 32.1 Å². The zero-order valence-corrected chi connectivity index (χ0v) is 15.2. The smallest absolute Gasteiger partial charge is 0.0232 e. The predicted octanol–water partition coefficient (Wildman–Crippen LogP) is 6.55. The van der Waals surface area contributed by atoms with Crippen molar-refractivity contribution >= 4 is 0 Å². The van der Waals surface area contributed by atoms with Gasteiger partial charge in [0.05, 0.1) is 0 Å². The summed E-state index contributed by atoms with van der Waals surface area (Å²) in [7, 11) is 0. The molecule has 3 saturated carbocycles. The van der Waals surface area contributed by atoms with Gasteiger partial charge >= 0.3 is 0 Å². The molecule has 3 aliphatic carbocycles. The molecule has 0 nitrogen and oxygen atoms in total. The number of hydrogen-bond donors (Lipinski definition) is 0. The molecule has 0 heterocycles. The van der Waals surface area contributed by atoms with Gasteiger partial charge in [0.25, 0.3) is 0 Å². The molecule has 3 rings (SSSR count). The van der Waals surface area contributed by atoms with Crippen molar-refractivity contribution in [3.05, 3.63) is 0 Å². The summed E-state index contributed by atoms with van der Waals surface area (Å²) in [5.74, 6) is 7.22. The van der Waals surface area contributed by atoms with Gasteiger partial charge in [-0.2, -0.15) is 0 Å². The van der Waals surface area contributed by atoms with E-state index in [-0.39, 0.29) is 0 Å². The van der Waals surface area contributed by atoms with Crippen LogP contribution in [0.3, 0.4) is 0 Å². The average Bonchev–Trinajstić information content (AvgIpc) is 2.96. The van der Waals surface area contributed by atoms with E-state index < -0.39 is 0 Å². The fourth-order valence-electron chi connectivity index (χ4n) is 7.77. The number of fused-ring (bicyclic) bond motifs is 3. The Morgan fingerprint density at radius 3 is 2.29 bits per heavy atom. The van der Waals surface area contributed by atoms with Gasteiger partial charge in [0, 0.05) is 0 Å². The van der Waals surface area contributed by atoms with Gasteiger partial charge in [-0.15, -0.1) is 0 Å². The Hall–Kier alpha value is 0. The highest BCUT2D eigenvalue weighted by Crippen LogP contribution is 2.71. The molecule has 3 fully saturated rings. The van der Waals surface area contributed by atoms with Crippen LogP contribution in [0.15, 0.2) is 0 Å². The summed E-state index contributed by atoms with van der Waals surface area (Å²) in [6, 6.07) is 0. The topological polar surface area (TPSA) is 0 Å². The molecule has 3 unspecified atom stereocenters. The van der Waals surface area contributed by atoms with Crippen LogP contribution in [0.1, 0.15) is 86.0 Å². The molecule has 0 aromatic carbocycles. The molecule has 21 heavy (non-hydrogen) atoms. The average molecular weight is 291 g/mol. The minimum atomic E-state index is 0.737. The van der Waals surface area contributed by atoms with Crippen LogP contribution in [0.25, 0.3) is 0 Å². The van der Waals surface area contributed by atoms with E-state index in [4.69, 9.17) is 0 Å². The van der Waals surface area contributed by atoms with Crippen molar-refractivity contribution in [2.75, 3.05) is 0 Å². The van der Waals surface area contributed by atoms with Crippen molar-refractivity contribution in [3.63, 3.8) is 0 Å². The van der Waals surface area contributed by atoms with E-state index in [0.717, 1.165) is 46.8 Å². The lowest BCUT2D eigenvalue weighted by atomic mass is 9.65. The summed E-state index contributed by atoms with van der Waals surface area (Å²) < 4.78 is 0. The summed E-state index contributed by atoms with van der Waals surface area (Å²) in [6.45, 7) is 12.5. The van der Waals surface area contributed by atoms with Crippen molar-refractivity contribution in [2.45, 2.75) is 86.0 Å². The molecular formula is C21H38. The van der Waals surface area contributed by atoms with Crippen molar-refractivity contribution in [1.82, 2.24) is 0 Å². The lowest BCUT2D eigenvalue weighted by molar-refractivity contribution is 0.0928. The van der Waals surface area contributed by atoms with Gasteiger partial charge in [0.2, 0.25) is 0 Å². The maximum absolute atomic E-state index is 2.53. The third kappa shape index (κ3) is 2.14. The minimum absolute atomic E-state index is 0.737. The normalized spacial score (nSPS) is 49.4. The van der Waals surface area contributed by atoms with E-state index in [1.807, 2.05) is 0 Å². The molecule has 0 aromatic heterocycles. The molecule has 0 spiro atoms. The summed E-state index contributed by atoms with van der Waals surface area (Å²) >= 11 is 0. The Balaban J connectivity index is 2.02. The third-order valence-corrected chi connectivity index (χ3v) is 8.26. The quantitative estimate of drug-likeness (QED) is 0.551. The standard InChI is InChI=1S/C21H38/c1-6-15-13-21(8-3)18-12-10-9-11-17(18)16(7-2)20(21)19(15)14(4)5/h14-20H,6-13H2,1-5H3/t15?,16-,17+,18+,19?,20-,21?/m0/s1. The van der Waals surface area contributed by atoms with Crippen molar-refractivity contribution in [2.24, 2.45) is 46.8 Å². The van der Waals surface area contributed by atoms with Crippen molar-refractivity contribution < 1.29 is 0 Å². The fraction of sp³-hybridized carbons (Fsp3) is 1.00. The zero-order valence-electron chi connectivity index (χ0n) is 15.2. The first-order valence-electron chi connectivity index (χ1n) is 10.1. The SMILES string of the molecule is CCC1CC2(CC)[C@@H]3CCCC[C@@H]3[C@H](CC)[C@H]2C1C(C)C. The molecule has 3 aliphatic rings. The van der Waals surface area contributed by atoms with Gasteiger partial charge in [-0.1, -0.05) is 60.3 Å². The second-order valence-corrected chi connectivity index (χ2v) is 8.93. The molecule has 0 heteroatoms. The number of rotatable bonds is 4. The first kappa shape index (κ1) is 15.9. The first-order valence-corrected chi connectivity index (χ1v) is 10.1. The predicted molar refractivity (Wildman–Crippen MR) is 92.2 cm³/mol. The number of hydrogen-bond acceptors (Lipinski definition) is 0. The largest absolute Gasteiger partial charge is 0.0651 e. The van der Waals surface area contributed by atoms with Crippen LogP contribution < -0.4 is 0 Å². The van der Waals surface area contributed by atoms with Crippen LogP contribution in [0.5, 0.6) is 0 Å². The third-order valence-electron chi connectivity index (χ3n) is 8.26. The molecular weight excluding hydrogens is 252 g/mol. The lowest BCUT2D eigenvalue weighted by Crippen LogP contribution is -2.32. The summed E-state index contributed by atoms with van der Waals surface area (Å²) in [5, 5.41) is 0. The highest BCUT2D eigenvalue weighted by Gasteiger charge is 2.65. The minimum Gasteiger partial charge on any atom is -0.0651 e. The molecule has 7 atom stereocenters. The summed E-state index contributed by atoms with van der Waals surface area (Å²) in [5.41, 5.74) is 0.737. The van der Waals surface area contributed by atoms with E-state index in [9.17, 15) is 0 Å². The molecule has 0 aromatic rings. The molecule has 0 radical (unpaired) electrons. The van der Waals surface area contributed by atoms with Crippen LogP contribution in [0.2, 0.25) is 0 Å². The Labute approximate surface area is 133 Å². The summed E-state index contributed by atoms with van der Waals surface area (Å²) in [6.07, 6.45) is 12.1. The molecule has 0 N–H and O–H groups in total. The van der Waals surface area contributed by atoms with Gasteiger partial charge < -0.3 is 0 Å². The molecule has 0 saturated heterocycles. The molecule has 0 amide bonds. The second kappa shape index (κ2) is 5.89. The van der Waals surface area contributed by atoms with Crippen molar-refractivity contribution in [3.8, 4) is 0 Å². The lowest BCUT2D eigenvalue weighted by Gasteiger charge is -2.40. The fourth-order valence-corrected chi connectivity index (χ4v) is 7.77.